The fourth-order valence-electron chi connectivity index (χ4n) is 5.84. The summed E-state index contributed by atoms with van der Waals surface area (Å²) in [4.78, 5) is 15.1. The lowest BCUT2D eigenvalue weighted by Gasteiger charge is -2.13. The molecular formula is C41H27N3. The van der Waals surface area contributed by atoms with Crippen LogP contribution in [0.15, 0.2) is 164 Å². The SMILES string of the molecule is c1ccc(-c2ccc3cc(-c4nc(-c5ccccc5)nc(-c5cc(-c6ccccc6)c6ccccc6c5)n4)ccc3c2)cc1. The molecule has 1 heterocycles. The number of aromatic nitrogens is 3. The molecule has 0 radical (unpaired) electrons. The number of fused-ring (bicyclic) bond motifs is 2. The molecule has 0 saturated carbocycles. The largest absolute Gasteiger partial charge is 0.208 e. The molecule has 0 amide bonds. The zero-order valence-electron chi connectivity index (χ0n) is 23.9. The van der Waals surface area contributed by atoms with E-state index in [-0.39, 0.29) is 0 Å². The Bertz CT molecular complexity index is 2260. The second-order valence-electron chi connectivity index (χ2n) is 10.9. The summed E-state index contributed by atoms with van der Waals surface area (Å²) in [6.45, 7) is 0. The van der Waals surface area contributed by atoms with E-state index >= 15 is 0 Å². The summed E-state index contributed by atoms with van der Waals surface area (Å²) in [5, 5.41) is 4.66. The molecule has 0 aliphatic rings. The first-order valence-electron chi connectivity index (χ1n) is 14.8. The molecule has 206 valence electrons. The first-order chi connectivity index (χ1) is 21.8. The molecule has 0 unspecified atom stereocenters. The Balaban J connectivity index is 1.29. The average molecular weight is 562 g/mol. The van der Waals surface area contributed by atoms with Crippen molar-refractivity contribution in [1.29, 1.82) is 0 Å². The summed E-state index contributed by atoms with van der Waals surface area (Å²) in [5.74, 6) is 1.95. The average Bonchev–Trinajstić information content (AvgIpc) is 3.11. The number of benzene rings is 7. The van der Waals surface area contributed by atoms with Crippen molar-refractivity contribution in [3.05, 3.63) is 164 Å². The molecule has 0 aliphatic heterocycles. The van der Waals surface area contributed by atoms with Crippen molar-refractivity contribution in [2.45, 2.75) is 0 Å². The summed E-state index contributed by atoms with van der Waals surface area (Å²) in [5.41, 5.74) is 7.58. The van der Waals surface area contributed by atoms with Gasteiger partial charge in [0.25, 0.3) is 0 Å². The van der Waals surface area contributed by atoms with Crippen molar-refractivity contribution in [3.8, 4) is 56.4 Å². The van der Waals surface area contributed by atoms with Gasteiger partial charge >= 0.3 is 0 Å². The van der Waals surface area contributed by atoms with E-state index < -0.39 is 0 Å². The van der Waals surface area contributed by atoms with Crippen LogP contribution in [0.25, 0.3) is 78.0 Å². The topological polar surface area (TPSA) is 38.7 Å². The lowest BCUT2D eigenvalue weighted by atomic mass is 9.95. The van der Waals surface area contributed by atoms with Crippen molar-refractivity contribution < 1.29 is 0 Å². The maximum absolute atomic E-state index is 5.09. The maximum atomic E-state index is 5.09. The Hall–Kier alpha value is -5.93. The zero-order valence-corrected chi connectivity index (χ0v) is 23.9. The molecule has 1 aromatic heterocycles. The lowest BCUT2D eigenvalue weighted by molar-refractivity contribution is 1.08. The highest BCUT2D eigenvalue weighted by atomic mass is 15.0. The van der Waals surface area contributed by atoms with Crippen molar-refractivity contribution in [2.75, 3.05) is 0 Å². The first-order valence-corrected chi connectivity index (χ1v) is 14.8. The van der Waals surface area contributed by atoms with E-state index in [1.165, 1.54) is 21.9 Å². The minimum absolute atomic E-state index is 0.649. The van der Waals surface area contributed by atoms with Crippen LogP contribution in [-0.4, -0.2) is 15.0 Å². The molecule has 8 rings (SSSR count). The quantitative estimate of drug-likeness (QED) is 0.210. The Morgan fingerprint density at radius 1 is 0.273 bits per heavy atom. The van der Waals surface area contributed by atoms with Crippen LogP contribution in [0.4, 0.5) is 0 Å². The summed E-state index contributed by atoms with van der Waals surface area (Å²) in [7, 11) is 0. The molecule has 7 aromatic carbocycles. The Morgan fingerprint density at radius 2 is 0.750 bits per heavy atom. The van der Waals surface area contributed by atoms with Crippen LogP contribution in [0.3, 0.4) is 0 Å². The smallest absolute Gasteiger partial charge is 0.164 e. The third-order valence-corrected chi connectivity index (χ3v) is 8.08. The second-order valence-corrected chi connectivity index (χ2v) is 10.9. The van der Waals surface area contributed by atoms with Gasteiger partial charge in [-0.15, -0.1) is 0 Å². The van der Waals surface area contributed by atoms with Crippen LogP contribution in [0.1, 0.15) is 0 Å². The van der Waals surface area contributed by atoms with Gasteiger partial charge < -0.3 is 0 Å². The number of rotatable bonds is 5. The third kappa shape index (κ3) is 4.91. The predicted octanol–water partition coefficient (Wildman–Crippen LogP) is 10.5. The Kier molecular flexibility index (Phi) is 6.47. The summed E-state index contributed by atoms with van der Waals surface area (Å²) in [6, 6.07) is 57.0. The van der Waals surface area contributed by atoms with Crippen molar-refractivity contribution in [3.63, 3.8) is 0 Å². The number of hydrogen-bond acceptors (Lipinski definition) is 3. The van der Waals surface area contributed by atoms with Gasteiger partial charge in [0.15, 0.2) is 17.5 Å². The molecule has 0 N–H and O–H groups in total. The van der Waals surface area contributed by atoms with E-state index in [1.54, 1.807) is 0 Å². The number of hydrogen-bond donors (Lipinski definition) is 0. The molecule has 8 aromatic rings. The number of nitrogens with zero attached hydrogens (tertiary/aromatic N) is 3. The molecular weight excluding hydrogens is 534 g/mol. The molecule has 0 bridgehead atoms. The van der Waals surface area contributed by atoms with Gasteiger partial charge in [-0.25, -0.2) is 15.0 Å². The summed E-state index contributed by atoms with van der Waals surface area (Å²) >= 11 is 0. The van der Waals surface area contributed by atoms with Crippen LogP contribution >= 0.6 is 0 Å². The van der Waals surface area contributed by atoms with Crippen LogP contribution in [0, 0.1) is 0 Å². The van der Waals surface area contributed by atoms with Crippen molar-refractivity contribution >= 4 is 21.5 Å². The van der Waals surface area contributed by atoms with E-state index in [9.17, 15) is 0 Å². The van der Waals surface area contributed by atoms with E-state index in [0.717, 1.165) is 38.6 Å². The second kappa shape index (κ2) is 11.0. The van der Waals surface area contributed by atoms with Gasteiger partial charge in [-0.2, -0.15) is 0 Å². The van der Waals surface area contributed by atoms with E-state index in [1.807, 2.05) is 42.5 Å². The fourth-order valence-corrected chi connectivity index (χ4v) is 5.84. The summed E-state index contributed by atoms with van der Waals surface area (Å²) in [6.07, 6.45) is 0. The van der Waals surface area contributed by atoms with Gasteiger partial charge in [0.05, 0.1) is 0 Å². The zero-order chi connectivity index (χ0) is 29.3. The standard InChI is InChI=1S/C41H27N3/c1-4-12-28(13-5-1)31-20-21-33-25-35(23-22-32(33)24-31)40-42-39(30-16-8-3-9-17-30)43-41(44-40)36-26-34-18-10-11-19-37(34)38(27-36)29-14-6-2-7-15-29/h1-27H. The first kappa shape index (κ1) is 25.8. The van der Waals surface area contributed by atoms with E-state index in [4.69, 9.17) is 15.0 Å². The van der Waals surface area contributed by atoms with Gasteiger partial charge in [0, 0.05) is 16.7 Å². The minimum atomic E-state index is 0.649. The molecule has 44 heavy (non-hydrogen) atoms. The van der Waals surface area contributed by atoms with E-state index in [2.05, 4.69) is 121 Å². The Morgan fingerprint density at radius 3 is 1.43 bits per heavy atom. The van der Waals surface area contributed by atoms with Gasteiger partial charge in [-0.05, 0) is 68.1 Å². The maximum Gasteiger partial charge on any atom is 0.164 e. The van der Waals surface area contributed by atoms with Gasteiger partial charge in [-0.1, -0.05) is 140 Å². The van der Waals surface area contributed by atoms with Gasteiger partial charge in [0.1, 0.15) is 0 Å². The summed E-state index contributed by atoms with van der Waals surface area (Å²) < 4.78 is 0. The lowest BCUT2D eigenvalue weighted by Crippen LogP contribution is -2.00. The normalized spacial score (nSPS) is 11.2. The minimum Gasteiger partial charge on any atom is -0.208 e. The molecule has 0 saturated heterocycles. The van der Waals surface area contributed by atoms with Gasteiger partial charge in [-0.3, -0.25) is 0 Å². The fraction of sp³-hybridized carbons (Fsp3) is 0. The monoisotopic (exact) mass is 561 g/mol. The molecule has 3 heteroatoms. The van der Waals surface area contributed by atoms with Crippen LogP contribution in [-0.2, 0) is 0 Å². The highest BCUT2D eigenvalue weighted by Gasteiger charge is 2.15. The molecule has 0 fully saturated rings. The van der Waals surface area contributed by atoms with Crippen LogP contribution in [0.2, 0.25) is 0 Å². The molecule has 0 aliphatic carbocycles. The predicted molar refractivity (Wildman–Crippen MR) is 182 cm³/mol. The Labute approximate surface area is 256 Å². The van der Waals surface area contributed by atoms with Crippen molar-refractivity contribution in [1.82, 2.24) is 15.0 Å². The molecule has 0 atom stereocenters. The highest BCUT2D eigenvalue weighted by Crippen LogP contribution is 2.35. The molecule has 3 nitrogen and oxygen atoms in total. The highest BCUT2D eigenvalue weighted by molar-refractivity contribution is 5.99. The van der Waals surface area contributed by atoms with Gasteiger partial charge in [0.2, 0.25) is 0 Å². The molecule has 0 spiro atoms. The van der Waals surface area contributed by atoms with Crippen LogP contribution in [0.5, 0.6) is 0 Å². The van der Waals surface area contributed by atoms with Crippen LogP contribution < -0.4 is 0 Å². The van der Waals surface area contributed by atoms with Crippen molar-refractivity contribution in [2.24, 2.45) is 0 Å². The third-order valence-electron chi connectivity index (χ3n) is 8.08. The van der Waals surface area contributed by atoms with E-state index in [0.29, 0.717) is 17.5 Å².